The fourth-order valence-electron chi connectivity index (χ4n) is 6.21. The first-order valence-corrected chi connectivity index (χ1v) is 13.2. The molecule has 10 nitrogen and oxygen atoms in total. The number of carbonyl (C=O) groups is 2. The van der Waals surface area contributed by atoms with Crippen molar-refractivity contribution in [2.24, 2.45) is 20.0 Å². The lowest BCUT2D eigenvalue weighted by Crippen LogP contribution is -2.58. The number of ketones is 2. The Labute approximate surface area is 242 Å². The zero-order valence-corrected chi connectivity index (χ0v) is 23.8. The molecular weight excluding hydrogens is 576 g/mol. The number of anilines is 1. The average molecular weight is 600 g/mol. The minimum Gasteiger partial charge on any atom is -0.496 e. The third kappa shape index (κ3) is 3.41. The topological polar surface area (TPSA) is 118 Å². The van der Waals surface area contributed by atoms with Crippen LogP contribution >= 0.6 is 11.6 Å². The van der Waals surface area contributed by atoms with Crippen molar-refractivity contribution in [2.45, 2.75) is 24.9 Å². The number of nitrogens with zero attached hydrogens (tertiary/aromatic N) is 2. The summed E-state index contributed by atoms with van der Waals surface area (Å²) in [6.07, 6.45) is 0.0564. The van der Waals surface area contributed by atoms with Gasteiger partial charge < -0.3 is 19.5 Å². The number of rotatable bonds is 3. The summed E-state index contributed by atoms with van der Waals surface area (Å²) in [5, 5.41) is 3.02. The number of aromatic nitrogens is 2. The van der Waals surface area contributed by atoms with Crippen molar-refractivity contribution < 1.29 is 32.6 Å². The first kappa shape index (κ1) is 27.7. The molecule has 13 heteroatoms. The van der Waals surface area contributed by atoms with Crippen molar-refractivity contribution in [3.05, 3.63) is 89.7 Å². The monoisotopic (exact) mass is 599 g/mol. The quantitative estimate of drug-likeness (QED) is 0.455. The molecule has 3 atom stereocenters. The van der Waals surface area contributed by atoms with Crippen LogP contribution < -0.4 is 30.8 Å². The standard InChI is InChI=1S/C29H24ClF2N3O7/c1-11-8-15-19(24(36)29(11)25(37)20-16(40-4)10-17(41-5)22(30)23(20)42-29)18(12-6-7-13(31)14(32)9-12)21-26(33-15)34(2)28(39)35(3)27(21)38/h6-7,9-11,18,33H,8H2,1-5H3/t11-,18-,29+/m1/s1. The number of nitrogens with one attached hydrogen (secondary N) is 1. The van der Waals surface area contributed by atoms with Crippen LogP contribution in [0.2, 0.25) is 5.02 Å². The van der Waals surface area contributed by atoms with E-state index in [1.54, 1.807) is 6.92 Å². The predicted molar refractivity (Wildman–Crippen MR) is 147 cm³/mol. The van der Waals surface area contributed by atoms with Gasteiger partial charge in [0.25, 0.3) is 5.56 Å². The van der Waals surface area contributed by atoms with Crippen LogP contribution in [0.15, 0.2) is 45.1 Å². The van der Waals surface area contributed by atoms with Gasteiger partial charge in [0.15, 0.2) is 17.4 Å². The van der Waals surface area contributed by atoms with Crippen LogP contribution in [0.5, 0.6) is 17.2 Å². The second-order valence-corrected chi connectivity index (χ2v) is 10.9. The molecule has 0 bridgehead atoms. The second kappa shape index (κ2) is 9.28. The Bertz CT molecular complexity index is 1910. The summed E-state index contributed by atoms with van der Waals surface area (Å²) in [7, 11) is 5.43. The fourth-order valence-corrected chi connectivity index (χ4v) is 6.48. The van der Waals surface area contributed by atoms with Crippen molar-refractivity contribution in [2.75, 3.05) is 19.5 Å². The van der Waals surface area contributed by atoms with Gasteiger partial charge in [-0.25, -0.2) is 13.6 Å². The molecule has 0 saturated carbocycles. The Hall–Kier alpha value is -4.45. The summed E-state index contributed by atoms with van der Waals surface area (Å²) in [6, 6.07) is 4.44. The van der Waals surface area contributed by atoms with E-state index in [9.17, 15) is 28.0 Å². The predicted octanol–water partition coefficient (Wildman–Crippen LogP) is 3.47. The summed E-state index contributed by atoms with van der Waals surface area (Å²) in [6.45, 7) is 1.65. The van der Waals surface area contributed by atoms with Crippen molar-refractivity contribution in [3.63, 3.8) is 0 Å². The number of carbonyl (C=O) groups excluding carboxylic acids is 2. The summed E-state index contributed by atoms with van der Waals surface area (Å²) in [5.74, 6) is -5.63. The molecule has 42 heavy (non-hydrogen) atoms. The van der Waals surface area contributed by atoms with E-state index in [2.05, 4.69) is 5.32 Å². The van der Waals surface area contributed by atoms with Crippen LogP contribution in [-0.4, -0.2) is 40.5 Å². The normalized spacial score (nSPS) is 22.4. The van der Waals surface area contributed by atoms with Gasteiger partial charge >= 0.3 is 5.69 Å². The zero-order valence-electron chi connectivity index (χ0n) is 23.1. The number of benzene rings is 2. The maximum Gasteiger partial charge on any atom is 0.332 e. The molecule has 6 rings (SSSR count). The Balaban J connectivity index is 1.63. The fraction of sp³-hybridized carbons (Fsp3) is 0.310. The Morgan fingerprint density at radius 2 is 1.69 bits per heavy atom. The van der Waals surface area contributed by atoms with Crippen LogP contribution in [0.3, 0.4) is 0 Å². The first-order chi connectivity index (χ1) is 19.9. The number of methoxy groups -OCH3 is 2. The van der Waals surface area contributed by atoms with Crippen LogP contribution in [0.4, 0.5) is 14.6 Å². The summed E-state index contributed by atoms with van der Waals surface area (Å²) >= 11 is 6.53. The third-order valence-electron chi connectivity index (χ3n) is 8.35. The van der Waals surface area contributed by atoms with Gasteiger partial charge in [-0.3, -0.25) is 23.5 Å². The van der Waals surface area contributed by atoms with E-state index in [1.165, 1.54) is 45.0 Å². The molecule has 0 radical (unpaired) electrons. The van der Waals surface area contributed by atoms with E-state index in [0.717, 1.165) is 16.7 Å². The van der Waals surface area contributed by atoms with E-state index in [-0.39, 0.29) is 56.8 Å². The van der Waals surface area contributed by atoms with Gasteiger partial charge in [0.1, 0.15) is 27.9 Å². The lowest BCUT2D eigenvalue weighted by Gasteiger charge is -2.42. The smallest absolute Gasteiger partial charge is 0.332 e. The van der Waals surface area contributed by atoms with E-state index < -0.39 is 51.9 Å². The molecule has 2 aliphatic heterocycles. The summed E-state index contributed by atoms with van der Waals surface area (Å²) in [4.78, 5) is 55.3. The minimum atomic E-state index is -2.12. The number of Topliss-reactive ketones (excluding diaryl/α,β-unsaturated/α-hetero) is 2. The Kier molecular flexibility index (Phi) is 6.12. The molecule has 1 aliphatic carbocycles. The highest BCUT2D eigenvalue weighted by atomic mass is 35.5. The number of fused-ring (bicyclic) bond motifs is 2. The van der Waals surface area contributed by atoms with Gasteiger partial charge in [0, 0.05) is 43.3 Å². The van der Waals surface area contributed by atoms with Gasteiger partial charge in [-0.2, -0.15) is 0 Å². The van der Waals surface area contributed by atoms with Crippen LogP contribution in [0, 0.1) is 17.6 Å². The molecule has 3 aliphatic rings. The molecular formula is C29H24ClF2N3O7. The number of hydrogen-bond donors (Lipinski definition) is 1. The average Bonchev–Trinajstić information content (AvgIpc) is 3.29. The van der Waals surface area contributed by atoms with E-state index >= 15 is 0 Å². The van der Waals surface area contributed by atoms with Gasteiger partial charge in [0.05, 0.1) is 19.8 Å². The highest BCUT2D eigenvalue weighted by Crippen LogP contribution is 2.56. The molecule has 2 aromatic carbocycles. The highest BCUT2D eigenvalue weighted by Gasteiger charge is 2.63. The van der Waals surface area contributed by atoms with Gasteiger partial charge in [-0.05, 0) is 24.1 Å². The van der Waals surface area contributed by atoms with E-state index in [4.69, 9.17) is 25.8 Å². The summed E-state index contributed by atoms with van der Waals surface area (Å²) in [5.41, 5.74) is -3.27. The van der Waals surface area contributed by atoms with Crippen LogP contribution in [0.1, 0.15) is 40.7 Å². The molecule has 0 fully saturated rings. The number of ether oxygens (including phenoxy) is 3. The van der Waals surface area contributed by atoms with Crippen molar-refractivity contribution in [1.82, 2.24) is 9.13 Å². The SMILES string of the molecule is COc1cc(OC)c2c(c1Cl)O[C@@]1(C(=O)C3=C(C[C@H]1C)Nc1c(c(=O)n(C)c(=O)n1C)[C@@H]3c1ccc(F)c(F)c1)C2=O. The van der Waals surface area contributed by atoms with E-state index in [0.29, 0.717) is 5.70 Å². The lowest BCUT2D eigenvalue weighted by atomic mass is 9.66. The third-order valence-corrected chi connectivity index (χ3v) is 8.71. The van der Waals surface area contributed by atoms with Crippen molar-refractivity contribution in [3.8, 4) is 17.2 Å². The number of allylic oxidation sites excluding steroid dienone is 1. The molecule has 0 unspecified atom stereocenters. The van der Waals surface area contributed by atoms with Gasteiger partial charge in [-0.1, -0.05) is 24.6 Å². The summed E-state index contributed by atoms with van der Waals surface area (Å²) < 4.78 is 47.6. The molecule has 0 amide bonds. The lowest BCUT2D eigenvalue weighted by molar-refractivity contribution is -0.130. The zero-order chi connectivity index (χ0) is 30.4. The van der Waals surface area contributed by atoms with Gasteiger partial charge in [0.2, 0.25) is 17.2 Å². The largest absolute Gasteiger partial charge is 0.496 e. The van der Waals surface area contributed by atoms with Crippen LogP contribution in [-0.2, 0) is 18.9 Å². The van der Waals surface area contributed by atoms with Crippen molar-refractivity contribution in [1.29, 1.82) is 0 Å². The molecule has 1 N–H and O–H groups in total. The molecule has 3 aromatic rings. The molecule has 1 spiro atoms. The van der Waals surface area contributed by atoms with Crippen molar-refractivity contribution >= 4 is 29.0 Å². The number of halogens is 3. The van der Waals surface area contributed by atoms with Crippen LogP contribution in [0.25, 0.3) is 0 Å². The van der Waals surface area contributed by atoms with Gasteiger partial charge in [-0.15, -0.1) is 0 Å². The maximum atomic E-state index is 14.7. The minimum absolute atomic E-state index is 0.0357. The Morgan fingerprint density at radius 3 is 2.33 bits per heavy atom. The van der Waals surface area contributed by atoms with E-state index in [1.807, 2.05) is 0 Å². The Morgan fingerprint density at radius 1 is 1.00 bits per heavy atom. The molecule has 1 aromatic heterocycles. The number of hydrogen-bond acceptors (Lipinski definition) is 8. The second-order valence-electron chi connectivity index (χ2n) is 10.5. The molecule has 0 saturated heterocycles. The first-order valence-electron chi connectivity index (χ1n) is 12.9. The molecule has 218 valence electrons. The maximum absolute atomic E-state index is 14.7. The molecule has 3 heterocycles. The highest BCUT2D eigenvalue weighted by molar-refractivity contribution is 6.36.